The molecule has 5 heteroatoms. The van der Waals surface area contributed by atoms with Gasteiger partial charge in [0.2, 0.25) is 0 Å². The van der Waals surface area contributed by atoms with Crippen LogP contribution in [-0.4, -0.2) is 34.1 Å². The van der Waals surface area contributed by atoms with E-state index in [1.807, 2.05) is 24.3 Å². The molecule has 4 nitrogen and oxygen atoms in total. The number of halogens is 1. The molecule has 0 N–H and O–H groups in total. The maximum atomic E-state index is 6.29. The maximum Gasteiger partial charge on any atom is 0.115 e. The van der Waals surface area contributed by atoms with Gasteiger partial charge < -0.3 is 4.74 Å². The second-order valence-electron chi connectivity index (χ2n) is 6.45. The number of aromatic nitrogens is 2. The number of benzene rings is 1. The van der Waals surface area contributed by atoms with Crippen LogP contribution in [0, 0.1) is 5.92 Å². The molecule has 120 valence electrons. The molecule has 2 fully saturated rings. The lowest BCUT2D eigenvalue weighted by Gasteiger charge is -2.34. The summed E-state index contributed by atoms with van der Waals surface area (Å²) in [6.45, 7) is 3.04. The molecule has 2 aromatic rings. The highest BCUT2D eigenvalue weighted by Crippen LogP contribution is 2.40. The van der Waals surface area contributed by atoms with Crippen molar-refractivity contribution in [3.8, 4) is 0 Å². The Balaban J connectivity index is 1.40. The number of piperidine rings is 1. The van der Waals surface area contributed by atoms with Crippen LogP contribution < -0.4 is 0 Å². The van der Waals surface area contributed by atoms with Crippen molar-refractivity contribution >= 4 is 11.6 Å². The van der Waals surface area contributed by atoms with E-state index in [0.29, 0.717) is 12.0 Å². The van der Waals surface area contributed by atoms with Gasteiger partial charge in [0.1, 0.15) is 12.4 Å². The lowest BCUT2D eigenvalue weighted by molar-refractivity contribution is -0.0106. The van der Waals surface area contributed by atoms with Gasteiger partial charge in [0.25, 0.3) is 0 Å². The van der Waals surface area contributed by atoms with Gasteiger partial charge in [-0.25, -0.2) is 9.97 Å². The zero-order valence-corrected chi connectivity index (χ0v) is 13.7. The normalized spacial score (nSPS) is 27.8. The van der Waals surface area contributed by atoms with Gasteiger partial charge in [-0.1, -0.05) is 23.7 Å². The third kappa shape index (κ3) is 3.39. The van der Waals surface area contributed by atoms with Gasteiger partial charge in [0.05, 0.1) is 11.8 Å². The van der Waals surface area contributed by atoms with E-state index in [1.165, 1.54) is 12.0 Å². The van der Waals surface area contributed by atoms with Crippen LogP contribution in [0.1, 0.15) is 30.2 Å². The van der Waals surface area contributed by atoms with Crippen LogP contribution in [0.2, 0.25) is 5.02 Å². The Morgan fingerprint density at radius 1 is 1.30 bits per heavy atom. The van der Waals surface area contributed by atoms with Crippen LogP contribution in [-0.2, 0) is 11.3 Å². The molecule has 0 aliphatic carbocycles. The number of ether oxygens (including phenoxy) is 1. The average molecular weight is 330 g/mol. The summed E-state index contributed by atoms with van der Waals surface area (Å²) in [5.74, 6) is 0.644. The van der Waals surface area contributed by atoms with Crippen molar-refractivity contribution in [3.63, 3.8) is 0 Å². The number of rotatable bonds is 3. The first kappa shape index (κ1) is 15.1. The third-order valence-electron chi connectivity index (χ3n) is 4.87. The van der Waals surface area contributed by atoms with Crippen molar-refractivity contribution in [1.82, 2.24) is 14.9 Å². The first-order chi connectivity index (χ1) is 11.3. The van der Waals surface area contributed by atoms with E-state index in [-0.39, 0.29) is 6.10 Å². The molecule has 0 bridgehead atoms. The largest absolute Gasteiger partial charge is 0.367 e. The summed E-state index contributed by atoms with van der Waals surface area (Å²) in [6, 6.07) is 10.1. The summed E-state index contributed by atoms with van der Waals surface area (Å²) in [4.78, 5) is 10.8. The minimum Gasteiger partial charge on any atom is -0.367 e. The molecule has 23 heavy (non-hydrogen) atoms. The van der Waals surface area contributed by atoms with Crippen LogP contribution in [0.5, 0.6) is 0 Å². The fourth-order valence-electron chi connectivity index (χ4n) is 3.71. The van der Waals surface area contributed by atoms with Crippen LogP contribution in [0.4, 0.5) is 0 Å². The van der Waals surface area contributed by atoms with Gasteiger partial charge in [0, 0.05) is 24.3 Å². The summed E-state index contributed by atoms with van der Waals surface area (Å²) in [5, 5.41) is 0.804. The lowest BCUT2D eigenvalue weighted by atomic mass is 9.91. The Morgan fingerprint density at radius 3 is 3.09 bits per heavy atom. The monoisotopic (exact) mass is 329 g/mol. The molecule has 4 rings (SSSR count). The molecule has 1 aromatic carbocycles. The number of fused-ring (bicyclic) bond motifs is 1. The summed E-state index contributed by atoms with van der Waals surface area (Å²) in [7, 11) is 0. The lowest BCUT2D eigenvalue weighted by Crippen LogP contribution is -2.41. The molecule has 0 unspecified atom stereocenters. The molecule has 2 aliphatic rings. The predicted molar refractivity (Wildman–Crippen MR) is 89.1 cm³/mol. The zero-order chi connectivity index (χ0) is 15.6. The number of nitrogens with zero attached hydrogens (tertiary/aromatic N) is 3. The fraction of sp³-hybridized carbons (Fsp3) is 0.444. The summed E-state index contributed by atoms with van der Waals surface area (Å²) >= 11 is 6.08. The van der Waals surface area contributed by atoms with Crippen LogP contribution >= 0.6 is 11.6 Å². The van der Waals surface area contributed by atoms with Gasteiger partial charge in [-0.15, -0.1) is 0 Å². The number of likely N-dealkylation sites (tertiary alicyclic amines) is 1. The molecule has 2 aliphatic heterocycles. The van der Waals surface area contributed by atoms with Crippen molar-refractivity contribution < 1.29 is 4.74 Å². The molecule has 3 atom stereocenters. The molecular weight excluding hydrogens is 310 g/mol. The van der Waals surface area contributed by atoms with Crippen molar-refractivity contribution in [2.24, 2.45) is 5.92 Å². The fourth-order valence-corrected chi connectivity index (χ4v) is 3.93. The Hall–Kier alpha value is -1.49. The van der Waals surface area contributed by atoms with Crippen molar-refractivity contribution in [3.05, 3.63) is 59.1 Å². The molecule has 2 saturated heterocycles. The van der Waals surface area contributed by atoms with Crippen LogP contribution in [0.25, 0.3) is 0 Å². The highest BCUT2D eigenvalue weighted by Gasteiger charge is 2.39. The Labute approximate surface area is 141 Å². The van der Waals surface area contributed by atoms with Crippen LogP contribution in [0.15, 0.2) is 42.9 Å². The molecule has 3 heterocycles. The Morgan fingerprint density at radius 2 is 2.26 bits per heavy atom. The number of hydrogen-bond acceptors (Lipinski definition) is 4. The Kier molecular flexibility index (Phi) is 4.29. The summed E-state index contributed by atoms with van der Waals surface area (Å²) in [5.41, 5.74) is 2.28. The van der Waals surface area contributed by atoms with Gasteiger partial charge in [-0.05, 0) is 49.1 Å². The standard InChI is InChI=1S/C18H20ClN3O/c19-15-3-1-2-13(8-15)10-22-7-5-14-9-17(23-18(14)11-22)16-4-6-20-12-21-16/h1-4,6,8,12,14,17-18H,5,7,9-11H2/t14-,17+,18+/m0/s1. The van der Waals surface area contributed by atoms with Crippen LogP contribution in [0.3, 0.4) is 0 Å². The zero-order valence-electron chi connectivity index (χ0n) is 12.9. The van der Waals surface area contributed by atoms with Crippen molar-refractivity contribution in [1.29, 1.82) is 0 Å². The van der Waals surface area contributed by atoms with Gasteiger partial charge in [-0.3, -0.25) is 4.90 Å². The highest BCUT2D eigenvalue weighted by molar-refractivity contribution is 6.30. The predicted octanol–water partition coefficient (Wildman–Crippen LogP) is 3.48. The molecule has 0 saturated carbocycles. The first-order valence-corrected chi connectivity index (χ1v) is 8.54. The maximum absolute atomic E-state index is 6.29. The third-order valence-corrected chi connectivity index (χ3v) is 5.10. The number of hydrogen-bond donors (Lipinski definition) is 0. The van der Waals surface area contributed by atoms with Gasteiger partial charge in [0.15, 0.2) is 0 Å². The molecule has 0 amide bonds. The van der Waals surface area contributed by atoms with Gasteiger partial charge in [-0.2, -0.15) is 0 Å². The minimum absolute atomic E-state index is 0.124. The minimum atomic E-state index is 0.124. The van der Waals surface area contributed by atoms with E-state index < -0.39 is 0 Å². The quantitative estimate of drug-likeness (QED) is 0.864. The van der Waals surface area contributed by atoms with E-state index in [4.69, 9.17) is 16.3 Å². The van der Waals surface area contributed by atoms with Crippen molar-refractivity contribution in [2.75, 3.05) is 13.1 Å². The SMILES string of the molecule is Clc1cccc(CN2CC[C@H]3C[C@H](c4ccncn4)O[C@@H]3C2)c1. The van der Waals surface area contributed by atoms with Gasteiger partial charge >= 0.3 is 0 Å². The van der Waals surface area contributed by atoms with E-state index in [0.717, 1.165) is 36.8 Å². The van der Waals surface area contributed by atoms with E-state index in [2.05, 4.69) is 20.9 Å². The highest BCUT2D eigenvalue weighted by atomic mass is 35.5. The summed E-state index contributed by atoms with van der Waals surface area (Å²) in [6.07, 6.45) is 6.09. The smallest absolute Gasteiger partial charge is 0.115 e. The average Bonchev–Trinajstić information content (AvgIpc) is 2.99. The first-order valence-electron chi connectivity index (χ1n) is 8.16. The Bertz CT molecular complexity index is 666. The van der Waals surface area contributed by atoms with E-state index in [1.54, 1.807) is 12.5 Å². The molecular formula is C18H20ClN3O. The second kappa shape index (κ2) is 6.56. The molecule has 0 radical (unpaired) electrons. The van der Waals surface area contributed by atoms with E-state index >= 15 is 0 Å². The van der Waals surface area contributed by atoms with Crippen molar-refractivity contribution in [2.45, 2.75) is 31.6 Å². The second-order valence-corrected chi connectivity index (χ2v) is 6.88. The molecule has 0 spiro atoms. The molecule has 1 aromatic heterocycles. The topological polar surface area (TPSA) is 38.2 Å². The van der Waals surface area contributed by atoms with E-state index in [9.17, 15) is 0 Å². The summed E-state index contributed by atoms with van der Waals surface area (Å²) < 4.78 is 6.29.